The Morgan fingerprint density at radius 3 is 2.74 bits per heavy atom. The van der Waals surface area contributed by atoms with Gasteiger partial charge in [-0.25, -0.2) is 4.98 Å². The van der Waals surface area contributed by atoms with Crippen LogP contribution < -0.4 is 10.6 Å². The van der Waals surface area contributed by atoms with Crippen LogP contribution in [0.25, 0.3) is 0 Å². The molecule has 0 radical (unpaired) electrons. The number of carbonyl (C=O) groups excluding carboxylic acids is 1. The molecule has 0 unspecified atom stereocenters. The van der Waals surface area contributed by atoms with Gasteiger partial charge in [0.25, 0.3) is 0 Å². The number of amides is 1. The van der Waals surface area contributed by atoms with Crippen LogP contribution in [0.15, 0.2) is 12.4 Å². The van der Waals surface area contributed by atoms with Gasteiger partial charge in [0.1, 0.15) is 11.6 Å². The number of rotatable bonds is 5. The summed E-state index contributed by atoms with van der Waals surface area (Å²) < 4.78 is 0. The fraction of sp³-hybridized carbons (Fsp3) is 0.615. The molecular formula is C13H21N5O. The Morgan fingerprint density at radius 2 is 2.00 bits per heavy atom. The average molecular weight is 263 g/mol. The molecule has 6 nitrogen and oxygen atoms in total. The summed E-state index contributed by atoms with van der Waals surface area (Å²) in [5, 5.41) is 6.06. The van der Waals surface area contributed by atoms with Crippen LogP contribution in [0.4, 0.5) is 11.6 Å². The van der Waals surface area contributed by atoms with Crippen LogP contribution in [0.2, 0.25) is 0 Å². The molecule has 19 heavy (non-hydrogen) atoms. The molecular weight excluding hydrogens is 242 g/mol. The number of anilines is 2. The van der Waals surface area contributed by atoms with Gasteiger partial charge in [-0.3, -0.25) is 9.78 Å². The lowest BCUT2D eigenvalue weighted by Gasteiger charge is -2.26. The molecule has 0 aromatic carbocycles. The minimum atomic E-state index is 0.227. The number of nitrogens with one attached hydrogen (secondary N) is 2. The fourth-order valence-corrected chi connectivity index (χ4v) is 2.17. The van der Waals surface area contributed by atoms with Gasteiger partial charge in [0, 0.05) is 33.1 Å². The van der Waals surface area contributed by atoms with Gasteiger partial charge in [-0.15, -0.1) is 0 Å². The standard InChI is InChI=1S/C13H21N5O/c1-14-11-9-15-10-12(17-11)16-6-5-13(19)18-7-3-2-4-8-18/h9-10H,2-8H2,1H3,(H2,14,16,17). The van der Waals surface area contributed by atoms with Gasteiger partial charge in [0.05, 0.1) is 12.4 Å². The molecule has 1 saturated heterocycles. The lowest BCUT2D eigenvalue weighted by Crippen LogP contribution is -2.36. The maximum absolute atomic E-state index is 11.9. The van der Waals surface area contributed by atoms with E-state index >= 15 is 0 Å². The molecule has 104 valence electrons. The molecule has 2 N–H and O–H groups in total. The van der Waals surface area contributed by atoms with Gasteiger partial charge < -0.3 is 15.5 Å². The lowest BCUT2D eigenvalue weighted by molar-refractivity contribution is -0.131. The molecule has 1 aliphatic rings. The van der Waals surface area contributed by atoms with E-state index in [0.717, 1.165) is 25.9 Å². The second-order valence-electron chi connectivity index (χ2n) is 4.66. The number of nitrogens with zero attached hydrogens (tertiary/aromatic N) is 3. The maximum atomic E-state index is 11.9. The van der Waals surface area contributed by atoms with Crippen LogP contribution in [0.1, 0.15) is 25.7 Å². The van der Waals surface area contributed by atoms with Crippen molar-refractivity contribution in [2.45, 2.75) is 25.7 Å². The Morgan fingerprint density at radius 1 is 1.26 bits per heavy atom. The molecule has 2 rings (SSSR count). The van der Waals surface area contributed by atoms with Gasteiger partial charge in [-0.05, 0) is 19.3 Å². The highest BCUT2D eigenvalue weighted by Crippen LogP contribution is 2.10. The topological polar surface area (TPSA) is 70.2 Å². The van der Waals surface area contributed by atoms with Crippen LogP contribution in [0.3, 0.4) is 0 Å². The van der Waals surface area contributed by atoms with Crippen LogP contribution in [-0.4, -0.2) is 47.5 Å². The van der Waals surface area contributed by atoms with Crippen molar-refractivity contribution in [3.05, 3.63) is 12.4 Å². The molecule has 1 fully saturated rings. The number of aromatic nitrogens is 2. The predicted octanol–water partition coefficient (Wildman–Crippen LogP) is 1.33. The van der Waals surface area contributed by atoms with Crippen molar-refractivity contribution in [1.29, 1.82) is 0 Å². The first-order chi connectivity index (χ1) is 9.29. The molecule has 0 saturated carbocycles. The zero-order valence-corrected chi connectivity index (χ0v) is 11.4. The minimum Gasteiger partial charge on any atom is -0.372 e. The van der Waals surface area contributed by atoms with Crippen molar-refractivity contribution in [2.75, 3.05) is 37.3 Å². The molecule has 0 bridgehead atoms. The maximum Gasteiger partial charge on any atom is 0.224 e. The van der Waals surface area contributed by atoms with Crippen LogP contribution in [-0.2, 0) is 4.79 Å². The fourth-order valence-electron chi connectivity index (χ4n) is 2.17. The summed E-state index contributed by atoms with van der Waals surface area (Å²) in [5.74, 6) is 1.63. The van der Waals surface area contributed by atoms with E-state index in [9.17, 15) is 4.79 Å². The molecule has 0 atom stereocenters. The number of likely N-dealkylation sites (tertiary alicyclic amines) is 1. The largest absolute Gasteiger partial charge is 0.372 e. The first-order valence-electron chi connectivity index (χ1n) is 6.81. The Labute approximate surface area is 113 Å². The van der Waals surface area contributed by atoms with Crippen LogP contribution in [0.5, 0.6) is 0 Å². The van der Waals surface area contributed by atoms with E-state index in [1.165, 1.54) is 6.42 Å². The van der Waals surface area contributed by atoms with Gasteiger partial charge in [0.2, 0.25) is 5.91 Å². The summed E-state index contributed by atoms with van der Waals surface area (Å²) in [4.78, 5) is 22.3. The van der Waals surface area contributed by atoms with Crippen LogP contribution in [0, 0.1) is 0 Å². The van der Waals surface area contributed by atoms with Crippen molar-refractivity contribution < 1.29 is 4.79 Å². The first kappa shape index (κ1) is 13.6. The molecule has 2 heterocycles. The molecule has 1 aromatic rings. The molecule has 1 aromatic heterocycles. The normalized spacial score (nSPS) is 15.1. The first-order valence-corrected chi connectivity index (χ1v) is 6.81. The summed E-state index contributed by atoms with van der Waals surface area (Å²) in [7, 11) is 1.80. The van der Waals surface area contributed by atoms with Gasteiger partial charge in [0.15, 0.2) is 0 Å². The van der Waals surface area contributed by atoms with Crippen molar-refractivity contribution in [3.8, 4) is 0 Å². The highest BCUT2D eigenvalue weighted by atomic mass is 16.2. The van der Waals surface area contributed by atoms with Crippen molar-refractivity contribution in [3.63, 3.8) is 0 Å². The van der Waals surface area contributed by atoms with Crippen molar-refractivity contribution in [1.82, 2.24) is 14.9 Å². The molecule has 0 spiro atoms. The highest BCUT2D eigenvalue weighted by molar-refractivity contribution is 5.76. The highest BCUT2D eigenvalue weighted by Gasteiger charge is 2.15. The van der Waals surface area contributed by atoms with E-state index in [0.29, 0.717) is 24.6 Å². The Hall–Kier alpha value is -1.85. The van der Waals surface area contributed by atoms with E-state index in [1.54, 1.807) is 19.4 Å². The molecule has 1 amide bonds. The summed E-state index contributed by atoms with van der Waals surface area (Å²) in [6, 6.07) is 0. The number of hydrogen-bond donors (Lipinski definition) is 2. The van der Waals surface area contributed by atoms with E-state index in [2.05, 4.69) is 20.6 Å². The Kier molecular flexibility index (Phi) is 4.94. The monoisotopic (exact) mass is 263 g/mol. The average Bonchev–Trinajstić information content (AvgIpc) is 2.48. The quantitative estimate of drug-likeness (QED) is 0.838. The summed E-state index contributed by atoms with van der Waals surface area (Å²) in [6.45, 7) is 2.42. The minimum absolute atomic E-state index is 0.227. The smallest absolute Gasteiger partial charge is 0.224 e. The predicted molar refractivity (Wildman–Crippen MR) is 75.1 cm³/mol. The third kappa shape index (κ3) is 4.08. The summed E-state index contributed by atoms with van der Waals surface area (Å²) >= 11 is 0. The zero-order valence-electron chi connectivity index (χ0n) is 11.4. The van der Waals surface area contributed by atoms with Crippen molar-refractivity contribution in [2.24, 2.45) is 0 Å². The van der Waals surface area contributed by atoms with E-state index in [1.807, 2.05) is 4.90 Å². The van der Waals surface area contributed by atoms with E-state index < -0.39 is 0 Å². The Bertz CT molecular complexity index is 417. The second kappa shape index (κ2) is 6.92. The van der Waals surface area contributed by atoms with E-state index in [-0.39, 0.29) is 5.91 Å². The third-order valence-electron chi connectivity index (χ3n) is 3.24. The number of carbonyl (C=O) groups is 1. The lowest BCUT2D eigenvalue weighted by atomic mass is 10.1. The van der Waals surface area contributed by atoms with Crippen LogP contribution >= 0.6 is 0 Å². The molecule has 1 aliphatic heterocycles. The second-order valence-corrected chi connectivity index (χ2v) is 4.66. The summed E-state index contributed by atoms with van der Waals surface area (Å²) in [6.07, 6.45) is 7.33. The SMILES string of the molecule is CNc1cncc(NCCC(=O)N2CCCCC2)n1. The zero-order chi connectivity index (χ0) is 13.5. The van der Waals surface area contributed by atoms with Gasteiger partial charge >= 0.3 is 0 Å². The number of piperidine rings is 1. The molecule has 0 aliphatic carbocycles. The van der Waals surface area contributed by atoms with E-state index in [4.69, 9.17) is 0 Å². The number of hydrogen-bond acceptors (Lipinski definition) is 5. The molecule has 6 heteroatoms. The van der Waals surface area contributed by atoms with Gasteiger partial charge in [-0.1, -0.05) is 0 Å². The summed E-state index contributed by atoms with van der Waals surface area (Å²) in [5.41, 5.74) is 0. The van der Waals surface area contributed by atoms with Crippen molar-refractivity contribution >= 4 is 17.5 Å². The third-order valence-corrected chi connectivity index (χ3v) is 3.24. The Balaban J connectivity index is 1.74. The van der Waals surface area contributed by atoms with Gasteiger partial charge in [-0.2, -0.15) is 0 Å².